The Morgan fingerprint density at radius 1 is 1.47 bits per heavy atom. The van der Waals surface area contributed by atoms with Crippen molar-refractivity contribution in [3.05, 3.63) is 5.82 Å². The first-order chi connectivity index (χ1) is 8.94. The molecule has 0 radical (unpaired) electrons. The second-order valence-electron chi connectivity index (χ2n) is 4.46. The highest BCUT2D eigenvalue weighted by atomic mass is 32.2. The molecule has 108 valence electrons. The fraction of sp³-hybridized carbons (Fsp3) is 0.750. The summed E-state index contributed by atoms with van der Waals surface area (Å²) in [5.41, 5.74) is -0.713. The molecule has 1 aromatic rings. The molecule has 1 unspecified atom stereocenters. The predicted octanol–water partition coefficient (Wildman–Crippen LogP) is 1.15. The van der Waals surface area contributed by atoms with Gasteiger partial charge in [-0.2, -0.15) is 0 Å². The van der Waals surface area contributed by atoms with Gasteiger partial charge in [-0.1, -0.05) is 18.7 Å². The van der Waals surface area contributed by atoms with Crippen molar-refractivity contribution >= 4 is 17.7 Å². The van der Waals surface area contributed by atoms with Crippen molar-refractivity contribution < 1.29 is 9.53 Å². The Labute approximate surface area is 118 Å². The van der Waals surface area contributed by atoms with E-state index in [2.05, 4.69) is 15.5 Å². The molecule has 1 rings (SSSR count). The maximum absolute atomic E-state index is 12.0. The molecule has 6 nitrogen and oxygen atoms in total. The quantitative estimate of drug-likeness (QED) is 0.599. The van der Waals surface area contributed by atoms with Crippen molar-refractivity contribution in [3.8, 4) is 0 Å². The van der Waals surface area contributed by atoms with Crippen LogP contribution in [0.4, 0.5) is 0 Å². The number of aromatic nitrogens is 3. The summed E-state index contributed by atoms with van der Waals surface area (Å²) in [6.45, 7) is 8.61. The van der Waals surface area contributed by atoms with Crippen LogP contribution in [0.5, 0.6) is 0 Å². The van der Waals surface area contributed by atoms with Gasteiger partial charge in [0, 0.05) is 12.8 Å². The zero-order chi connectivity index (χ0) is 14.5. The van der Waals surface area contributed by atoms with Crippen molar-refractivity contribution in [1.82, 2.24) is 20.1 Å². The van der Waals surface area contributed by atoms with Crippen LogP contribution in [-0.4, -0.2) is 45.2 Å². The van der Waals surface area contributed by atoms with Crippen molar-refractivity contribution in [1.29, 1.82) is 0 Å². The molecule has 7 heteroatoms. The molecule has 19 heavy (non-hydrogen) atoms. The van der Waals surface area contributed by atoms with Crippen molar-refractivity contribution in [2.24, 2.45) is 7.05 Å². The number of carbonyl (C=O) groups is 1. The second kappa shape index (κ2) is 6.91. The minimum atomic E-state index is -0.713. The third-order valence-corrected chi connectivity index (χ3v) is 4.17. The highest BCUT2D eigenvalue weighted by molar-refractivity contribution is 7.99. The van der Waals surface area contributed by atoms with Crippen molar-refractivity contribution in [2.45, 2.75) is 38.4 Å². The number of ether oxygens (including phenoxy) is 1. The van der Waals surface area contributed by atoms with Crippen LogP contribution in [0, 0.1) is 6.92 Å². The van der Waals surface area contributed by atoms with Crippen LogP contribution in [-0.2, 0) is 16.6 Å². The lowest BCUT2D eigenvalue weighted by atomic mass is 10.1. The van der Waals surface area contributed by atoms with Gasteiger partial charge in [0.15, 0.2) is 5.16 Å². The van der Waals surface area contributed by atoms with Crippen LogP contribution < -0.4 is 5.32 Å². The van der Waals surface area contributed by atoms with E-state index in [1.165, 1.54) is 11.8 Å². The van der Waals surface area contributed by atoms with Gasteiger partial charge in [-0.05, 0) is 27.3 Å². The van der Waals surface area contributed by atoms with Crippen molar-refractivity contribution in [2.75, 3.05) is 18.9 Å². The maximum Gasteiger partial charge on any atom is 0.326 e. The van der Waals surface area contributed by atoms with Gasteiger partial charge in [0.05, 0.1) is 6.61 Å². The Hall–Kier alpha value is -1.08. The minimum Gasteiger partial charge on any atom is -0.465 e. The van der Waals surface area contributed by atoms with Crippen molar-refractivity contribution in [3.63, 3.8) is 0 Å². The SMILES string of the molecule is CCNC(C)(CSc1nnc(C)n1C)C(=O)OCC. The lowest BCUT2D eigenvalue weighted by Crippen LogP contribution is -2.52. The summed E-state index contributed by atoms with van der Waals surface area (Å²) >= 11 is 1.49. The molecule has 0 amide bonds. The molecule has 0 saturated heterocycles. The van der Waals surface area contributed by atoms with Crippen LogP contribution in [0.2, 0.25) is 0 Å². The molecule has 1 heterocycles. The van der Waals surface area contributed by atoms with Crippen LogP contribution in [0.3, 0.4) is 0 Å². The van der Waals surface area contributed by atoms with E-state index < -0.39 is 5.54 Å². The van der Waals surface area contributed by atoms with Gasteiger partial charge in [0.25, 0.3) is 0 Å². The van der Waals surface area contributed by atoms with Gasteiger partial charge >= 0.3 is 5.97 Å². The van der Waals surface area contributed by atoms with Crippen LogP contribution >= 0.6 is 11.8 Å². The topological polar surface area (TPSA) is 69.0 Å². The van der Waals surface area contributed by atoms with Gasteiger partial charge in [-0.15, -0.1) is 10.2 Å². The molecule has 0 aliphatic heterocycles. The van der Waals surface area contributed by atoms with E-state index in [1.807, 2.05) is 39.3 Å². The fourth-order valence-corrected chi connectivity index (χ4v) is 2.65. The van der Waals surface area contributed by atoms with Crippen LogP contribution in [0.15, 0.2) is 5.16 Å². The zero-order valence-electron chi connectivity index (χ0n) is 12.2. The monoisotopic (exact) mass is 286 g/mol. The summed E-state index contributed by atoms with van der Waals surface area (Å²) in [5, 5.41) is 12.1. The number of nitrogens with one attached hydrogen (secondary N) is 1. The number of nitrogens with zero attached hydrogens (tertiary/aromatic N) is 3. The lowest BCUT2D eigenvalue weighted by molar-refractivity contribution is -0.149. The normalized spacial score (nSPS) is 14.2. The van der Waals surface area contributed by atoms with E-state index in [0.717, 1.165) is 11.0 Å². The first kappa shape index (κ1) is 16.0. The van der Waals surface area contributed by atoms with E-state index in [0.29, 0.717) is 18.9 Å². The van der Waals surface area contributed by atoms with Gasteiger partial charge in [0.1, 0.15) is 11.4 Å². The van der Waals surface area contributed by atoms with E-state index in [9.17, 15) is 4.79 Å². The first-order valence-corrected chi connectivity index (χ1v) is 7.34. The Balaban J connectivity index is 2.73. The van der Waals surface area contributed by atoms with Gasteiger partial charge in [-0.3, -0.25) is 4.79 Å². The average molecular weight is 286 g/mol. The molecule has 0 fully saturated rings. The summed E-state index contributed by atoms with van der Waals surface area (Å²) < 4.78 is 7.03. The highest BCUT2D eigenvalue weighted by Crippen LogP contribution is 2.22. The molecule has 1 atom stereocenters. The Morgan fingerprint density at radius 2 is 2.16 bits per heavy atom. The number of likely N-dealkylation sites (N-methyl/N-ethyl adjacent to an activating group) is 1. The molecule has 0 aliphatic carbocycles. The average Bonchev–Trinajstić information content (AvgIpc) is 2.68. The third-order valence-electron chi connectivity index (χ3n) is 2.84. The molecule has 0 saturated carbocycles. The highest BCUT2D eigenvalue weighted by Gasteiger charge is 2.34. The largest absolute Gasteiger partial charge is 0.465 e. The standard InChI is InChI=1S/C12H22N4O2S/c1-6-13-12(4,10(17)18-7-2)8-19-11-15-14-9(3)16(11)5/h13H,6-8H2,1-5H3. The van der Waals surface area contributed by atoms with Gasteiger partial charge in [0.2, 0.25) is 0 Å². The predicted molar refractivity (Wildman–Crippen MR) is 75.2 cm³/mol. The number of carbonyl (C=O) groups excluding carboxylic acids is 1. The van der Waals surface area contributed by atoms with Crippen LogP contribution in [0.1, 0.15) is 26.6 Å². The Kier molecular flexibility index (Phi) is 5.81. The molecule has 0 spiro atoms. The number of aryl methyl sites for hydroxylation is 1. The first-order valence-electron chi connectivity index (χ1n) is 6.35. The zero-order valence-corrected chi connectivity index (χ0v) is 13.0. The molecular weight excluding hydrogens is 264 g/mol. The number of thioether (sulfide) groups is 1. The van der Waals surface area contributed by atoms with E-state index in [4.69, 9.17) is 4.74 Å². The Morgan fingerprint density at radius 3 is 2.63 bits per heavy atom. The molecular formula is C12H22N4O2S. The number of rotatable bonds is 7. The maximum atomic E-state index is 12.0. The van der Waals surface area contributed by atoms with E-state index in [1.54, 1.807) is 0 Å². The summed E-state index contributed by atoms with van der Waals surface area (Å²) in [6.07, 6.45) is 0. The molecule has 1 N–H and O–H groups in total. The molecule has 0 aliphatic rings. The summed E-state index contributed by atoms with van der Waals surface area (Å²) in [4.78, 5) is 12.0. The smallest absolute Gasteiger partial charge is 0.326 e. The van der Waals surface area contributed by atoms with E-state index >= 15 is 0 Å². The lowest BCUT2D eigenvalue weighted by Gasteiger charge is -2.27. The molecule has 1 aromatic heterocycles. The van der Waals surface area contributed by atoms with Crippen LogP contribution in [0.25, 0.3) is 0 Å². The Bertz CT molecular complexity index is 435. The minimum absolute atomic E-state index is 0.233. The third kappa shape index (κ3) is 3.94. The molecule has 0 aromatic carbocycles. The second-order valence-corrected chi connectivity index (χ2v) is 5.40. The van der Waals surface area contributed by atoms with E-state index in [-0.39, 0.29) is 5.97 Å². The molecule has 0 bridgehead atoms. The summed E-state index contributed by atoms with van der Waals surface area (Å²) in [5.74, 6) is 1.16. The number of hydrogen-bond acceptors (Lipinski definition) is 6. The van der Waals surface area contributed by atoms with Gasteiger partial charge < -0.3 is 14.6 Å². The summed E-state index contributed by atoms with van der Waals surface area (Å²) in [6, 6.07) is 0. The summed E-state index contributed by atoms with van der Waals surface area (Å²) in [7, 11) is 1.91. The fourth-order valence-electron chi connectivity index (χ4n) is 1.58. The number of hydrogen-bond donors (Lipinski definition) is 1. The van der Waals surface area contributed by atoms with Gasteiger partial charge in [-0.25, -0.2) is 0 Å². The number of esters is 1.